The maximum absolute atomic E-state index is 10.9. The molecule has 0 aliphatic heterocycles. The number of aryl methyl sites for hydroxylation is 3. The highest BCUT2D eigenvalue weighted by atomic mass is 16.6. The lowest BCUT2D eigenvalue weighted by molar-refractivity contribution is -0.384. The van der Waals surface area contributed by atoms with Gasteiger partial charge in [0.05, 0.1) is 4.92 Å². The second-order valence-electron chi connectivity index (χ2n) is 5.48. The molecule has 0 heterocycles. The van der Waals surface area contributed by atoms with Crippen LogP contribution in [0.4, 0.5) is 11.4 Å². The van der Waals surface area contributed by atoms with E-state index in [1.807, 2.05) is 6.92 Å². The second kappa shape index (κ2) is 5.95. The first-order chi connectivity index (χ1) is 9.88. The summed E-state index contributed by atoms with van der Waals surface area (Å²) in [4.78, 5) is 10.5. The van der Waals surface area contributed by atoms with Gasteiger partial charge in [-0.05, 0) is 44.4 Å². The zero-order valence-electron chi connectivity index (χ0n) is 12.8. The normalized spacial score (nSPS) is 12.0. The molecule has 0 saturated heterocycles. The van der Waals surface area contributed by atoms with E-state index in [4.69, 9.17) is 0 Å². The molecule has 4 heteroatoms. The van der Waals surface area contributed by atoms with Crippen molar-refractivity contribution in [2.75, 3.05) is 5.32 Å². The summed E-state index contributed by atoms with van der Waals surface area (Å²) >= 11 is 0. The number of rotatable bonds is 4. The molecule has 0 aliphatic carbocycles. The fraction of sp³-hybridized carbons (Fsp3) is 0.294. The monoisotopic (exact) mass is 284 g/mol. The van der Waals surface area contributed by atoms with E-state index in [0.717, 1.165) is 11.3 Å². The summed E-state index contributed by atoms with van der Waals surface area (Å²) in [6, 6.07) is 11.3. The number of hydrogen-bond donors (Lipinski definition) is 1. The molecular weight excluding hydrogens is 264 g/mol. The predicted octanol–water partition coefficient (Wildman–Crippen LogP) is 4.69. The number of nitrogens with zero attached hydrogens (tertiary/aromatic N) is 1. The lowest BCUT2D eigenvalue weighted by Crippen LogP contribution is -2.09. The Morgan fingerprint density at radius 2 is 1.71 bits per heavy atom. The van der Waals surface area contributed by atoms with Gasteiger partial charge in [-0.3, -0.25) is 10.1 Å². The van der Waals surface area contributed by atoms with Crippen molar-refractivity contribution in [1.82, 2.24) is 0 Å². The van der Waals surface area contributed by atoms with E-state index in [1.165, 1.54) is 22.8 Å². The van der Waals surface area contributed by atoms with E-state index < -0.39 is 0 Å². The molecule has 0 amide bonds. The van der Waals surface area contributed by atoms with Crippen LogP contribution in [0.15, 0.2) is 36.4 Å². The van der Waals surface area contributed by atoms with Crippen LogP contribution in [-0.2, 0) is 0 Å². The number of nitro groups is 1. The zero-order valence-corrected chi connectivity index (χ0v) is 12.8. The molecule has 0 bridgehead atoms. The highest BCUT2D eigenvalue weighted by Crippen LogP contribution is 2.27. The van der Waals surface area contributed by atoms with Crippen LogP contribution in [-0.4, -0.2) is 4.92 Å². The van der Waals surface area contributed by atoms with Gasteiger partial charge in [0.1, 0.15) is 0 Å². The van der Waals surface area contributed by atoms with Crippen molar-refractivity contribution in [2.24, 2.45) is 0 Å². The Balaban J connectivity index is 2.31. The molecule has 0 aromatic heterocycles. The van der Waals surface area contributed by atoms with Gasteiger partial charge in [0.15, 0.2) is 0 Å². The van der Waals surface area contributed by atoms with Crippen molar-refractivity contribution in [1.29, 1.82) is 0 Å². The Bertz CT molecular complexity index is 680. The summed E-state index contributed by atoms with van der Waals surface area (Å²) in [6.45, 7) is 8.16. The molecule has 0 radical (unpaired) electrons. The van der Waals surface area contributed by atoms with Gasteiger partial charge in [-0.2, -0.15) is 0 Å². The Hall–Kier alpha value is -2.36. The molecule has 110 valence electrons. The van der Waals surface area contributed by atoms with E-state index in [1.54, 1.807) is 12.1 Å². The third-order valence-electron chi connectivity index (χ3n) is 3.71. The summed E-state index contributed by atoms with van der Waals surface area (Å²) in [6.07, 6.45) is 0. The lowest BCUT2D eigenvalue weighted by Gasteiger charge is -2.19. The van der Waals surface area contributed by atoms with Gasteiger partial charge in [0.25, 0.3) is 5.69 Å². The Kier molecular flexibility index (Phi) is 4.26. The van der Waals surface area contributed by atoms with Crippen LogP contribution in [0, 0.1) is 30.9 Å². The van der Waals surface area contributed by atoms with Crippen LogP contribution in [0.25, 0.3) is 0 Å². The highest BCUT2D eigenvalue weighted by Gasteiger charge is 2.13. The van der Waals surface area contributed by atoms with Crippen molar-refractivity contribution in [3.63, 3.8) is 0 Å². The van der Waals surface area contributed by atoms with Gasteiger partial charge < -0.3 is 5.32 Å². The molecule has 0 aliphatic rings. The van der Waals surface area contributed by atoms with Crippen LogP contribution >= 0.6 is 0 Å². The van der Waals surface area contributed by atoms with E-state index in [-0.39, 0.29) is 16.7 Å². The van der Waals surface area contributed by atoms with E-state index in [0.29, 0.717) is 0 Å². The quantitative estimate of drug-likeness (QED) is 0.654. The maximum atomic E-state index is 10.9. The van der Waals surface area contributed by atoms with Crippen molar-refractivity contribution in [2.45, 2.75) is 33.7 Å². The third kappa shape index (κ3) is 3.40. The van der Waals surface area contributed by atoms with Crippen molar-refractivity contribution in [3.8, 4) is 0 Å². The largest absolute Gasteiger partial charge is 0.378 e. The molecule has 0 saturated carbocycles. The molecular formula is C17H20N2O2. The zero-order chi connectivity index (χ0) is 15.6. The molecule has 2 rings (SSSR count). The summed E-state index contributed by atoms with van der Waals surface area (Å²) in [5, 5.41) is 14.3. The van der Waals surface area contributed by atoms with Gasteiger partial charge in [0.2, 0.25) is 0 Å². The second-order valence-corrected chi connectivity index (χ2v) is 5.48. The third-order valence-corrected chi connectivity index (χ3v) is 3.71. The van der Waals surface area contributed by atoms with E-state index in [9.17, 15) is 10.1 Å². The lowest BCUT2D eigenvalue weighted by atomic mass is 9.99. The van der Waals surface area contributed by atoms with Crippen molar-refractivity contribution >= 4 is 11.4 Å². The number of hydrogen-bond acceptors (Lipinski definition) is 3. The molecule has 0 fully saturated rings. The predicted molar refractivity (Wildman–Crippen MR) is 85.8 cm³/mol. The average molecular weight is 284 g/mol. The van der Waals surface area contributed by atoms with Gasteiger partial charge in [-0.25, -0.2) is 0 Å². The minimum absolute atomic E-state index is 0.0885. The Morgan fingerprint density at radius 3 is 2.38 bits per heavy atom. The van der Waals surface area contributed by atoms with Crippen molar-refractivity contribution < 1.29 is 4.92 Å². The van der Waals surface area contributed by atoms with Crippen LogP contribution in [0.1, 0.15) is 35.2 Å². The molecule has 2 aromatic rings. The van der Waals surface area contributed by atoms with Crippen molar-refractivity contribution in [3.05, 3.63) is 68.8 Å². The van der Waals surface area contributed by atoms with Gasteiger partial charge >= 0.3 is 0 Å². The minimum atomic E-state index is -0.368. The fourth-order valence-corrected chi connectivity index (χ4v) is 2.42. The average Bonchev–Trinajstić information content (AvgIpc) is 2.43. The number of non-ortho nitro benzene ring substituents is 1. The number of nitro benzene ring substituents is 1. The first-order valence-electron chi connectivity index (χ1n) is 6.97. The maximum Gasteiger partial charge on any atom is 0.271 e. The summed E-state index contributed by atoms with van der Waals surface area (Å²) < 4.78 is 0. The molecule has 1 unspecified atom stereocenters. The first kappa shape index (κ1) is 15.0. The van der Waals surface area contributed by atoms with E-state index in [2.05, 4.69) is 44.3 Å². The number of benzene rings is 2. The van der Waals surface area contributed by atoms with Gasteiger partial charge in [0, 0.05) is 23.9 Å². The first-order valence-corrected chi connectivity index (χ1v) is 6.97. The van der Waals surface area contributed by atoms with Gasteiger partial charge in [-0.1, -0.05) is 29.8 Å². The molecule has 1 N–H and O–H groups in total. The molecule has 1 atom stereocenters. The number of nitrogens with one attached hydrogen (secondary N) is 1. The van der Waals surface area contributed by atoms with E-state index >= 15 is 0 Å². The number of anilines is 1. The van der Waals surface area contributed by atoms with Crippen LogP contribution < -0.4 is 5.32 Å². The summed E-state index contributed by atoms with van der Waals surface area (Å²) in [5.74, 6) is 0. The van der Waals surface area contributed by atoms with Gasteiger partial charge in [-0.15, -0.1) is 0 Å². The SMILES string of the molecule is Cc1ccc(C)c(C(C)Nc2cc([N+](=O)[O-])ccc2C)c1. The molecule has 2 aromatic carbocycles. The fourth-order valence-electron chi connectivity index (χ4n) is 2.42. The molecule has 0 spiro atoms. The molecule has 4 nitrogen and oxygen atoms in total. The van der Waals surface area contributed by atoms with Crippen LogP contribution in [0.5, 0.6) is 0 Å². The smallest absolute Gasteiger partial charge is 0.271 e. The highest BCUT2D eigenvalue weighted by molar-refractivity contribution is 5.58. The summed E-state index contributed by atoms with van der Waals surface area (Å²) in [7, 11) is 0. The summed E-state index contributed by atoms with van der Waals surface area (Å²) in [5.41, 5.74) is 5.54. The standard InChI is InChI=1S/C17H20N2O2/c1-11-5-6-12(2)16(9-11)14(4)18-17-10-15(19(20)21)8-7-13(17)3/h5-10,14,18H,1-4H3. The minimum Gasteiger partial charge on any atom is -0.378 e. The molecule has 21 heavy (non-hydrogen) atoms. The topological polar surface area (TPSA) is 55.2 Å². The Morgan fingerprint density at radius 1 is 1.05 bits per heavy atom. The Labute approximate surface area is 125 Å². The van der Waals surface area contributed by atoms with Crippen LogP contribution in [0.2, 0.25) is 0 Å². The van der Waals surface area contributed by atoms with Crippen LogP contribution in [0.3, 0.4) is 0 Å².